The molecule has 2 N–H and O–H groups in total. The fraction of sp³-hybridized carbons (Fsp3) is 0.600. The zero-order valence-electron chi connectivity index (χ0n) is 12.0. The lowest BCUT2D eigenvalue weighted by Crippen LogP contribution is -2.25. The largest absolute Gasteiger partial charge is 0.496 e. The van der Waals surface area contributed by atoms with Crippen molar-refractivity contribution in [3.63, 3.8) is 0 Å². The Kier molecular flexibility index (Phi) is 5.05. The van der Waals surface area contributed by atoms with Crippen LogP contribution in [-0.4, -0.2) is 20.8 Å². The number of methoxy groups -OCH3 is 1. The Morgan fingerprint density at radius 3 is 2.55 bits per heavy atom. The highest BCUT2D eigenvalue weighted by Crippen LogP contribution is 2.27. The first-order chi connectivity index (χ1) is 9.56. The summed E-state index contributed by atoms with van der Waals surface area (Å²) in [5.74, 6) is 0.766. The maximum atomic E-state index is 12.4. The van der Waals surface area contributed by atoms with Crippen LogP contribution in [0.25, 0.3) is 0 Å². The molecule has 0 unspecified atom stereocenters. The molecule has 1 saturated carbocycles. The summed E-state index contributed by atoms with van der Waals surface area (Å²) < 4.78 is 30.1. The molecule has 0 atom stereocenters. The molecular weight excluding hydrogens is 274 g/mol. The minimum absolute atomic E-state index is 0.0961. The van der Waals surface area contributed by atoms with E-state index in [9.17, 15) is 8.42 Å². The molecule has 20 heavy (non-hydrogen) atoms. The van der Waals surface area contributed by atoms with Crippen LogP contribution in [0.4, 0.5) is 0 Å². The Balaban J connectivity index is 2.16. The lowest BCUT2D eigenvalue weighted by molar-refractivity contribution is 0.409. The highest BCUT2D eigenvalue weighted by molar-refractivity contribution is 7.91. The molecule has 0 amide bonds. The summed E-state index contributed by atoms with van der Waals surface area (Å²) in [5.41, 5.74) is 7.30. The molecule has 0 spiro atoms. The van der Waals surface area contributed by atoms with Crippen LogP contribution < -0.4 is 10.5 Å². The summed E-state index contributed by atoms with van der Waals surface area (Å²) in [4.78, 5) is 0. The van der Waals surface area contributed by atoms with Crippen LogP contribution in [0.15, 0.2) is 18.2 Å². The highest BCUT2D eigenvalue weighted by atomic mass is 32.2. The molecule has 0 heterocycles. The van der Waals surface area contributed by atoms with E-state index in [2.05, 4.69) is 0 Å². The van der Waals surface area contributed by atoms with Gasteiger partial charge in [-0.2, -0.15) is 0 Å². The lowest BCUT2D eigenvalue weighted by Gasteiger charge is -2.22. The minimum atomic E-state index is -3.07. The molecule has 2 rings (SSSR count). The van der Waals surface area contributed by atoms with Gasteiger partial charge in [-0.15, -0.1) is 0 Å². The smallest absolute Gasteiger partial charge is 0.157 e. The standard InChI is InChI=1S/C15H23NO3S/c1-19-15-9-12(7-8-13(15)10-16)11-20(17,18)14-5-3-2-4-6-14/h7-9,14H,2-6,10-11,16H2,1H3. The molecule has 1 aromatic rings. The quantitative estimate of drug-likeness (QED) is 0.906. The summed E-state index contributed by atoms with van der Waals surface area (Å²) in [6, 6.07) is 5.48. The van der Waals surface area contributed by atoms with E-state index < -0.39 is 9.84 Å². The van der Waals surface area contributed by atoms with Crippen LogP contribution in [0.5, 0.6) is 5.75 Å². The first-order valence-electron chi connectivity index (χ1n) is 7.14. The number of benzene rings is 1. The third kappa shape index (κ3) is 3.52. The minimum Gasteiger partial charge on any atom is -0.496 e. The Labute approximate surface area is 121 Å². The number of nitrogens with two attached hydrogens (primary N) is 1. The van der Waals surface area contributed by atoms with Crippen LogP contribution >= 0.6 is 0 Å². The van der Waals surface area contributed by atoms with Crippen molar-refractivity contribution < 1.29 is 13.2 Å². The molecule has 4 nitrogen and oxygen atoms in total. The number of hydrogen-bond donors (Lipinski definition) is 1. The van der Waals surface area contributed by atoms with Gasteiger partial charge in [-0.1, -0.05) is 31.4 Å². The topological polar surface area (TPSA) is 69.4 Å². The van der Waals surface area contributed by atoms with Gasteiger partial charge in [0.05, 0.1) is 18.1 Å². The molecule has 1 fully saturated rings. The zero-order valence-corrected chi connectivity index (χ0v) is 12.8. The van der Waals surface area contributed by atoms with Crippen LogP contribution in [0.3, 0.4) is 0 Å². The van der Waals surface area contributed by atoms with E-state index in [1.165, 1.54) is 0 Å². The van der Waals surface area contributed by atoms with Crippen LogP contribution in [0.1, 0.15) is 43.2 Å². The summed E-state index contributed by atoms with van der Waals surface area (Å²) >= 11 is 0. The predicted molar refractivity (Wildman–Crippen MR) is 80.4 cm³/mol. The zero-order chi connectivity index (χ0) is 14.6. The van der Waals surface area contributed by atoms with E-state index in [4.69, 9.17) is 10.5 Å². The van der Waals surface area contributed by atoms with E-state index in [0.29, 0.717) is 12.3 Å². The Bertz CT molecular complexity index is 548. The third-order valence-electron chi connectivity index (χ3n) is 4.00. The summed E-state index contributed by atoms with van der Waals surface area (Å²) in [7, 11) is -1.49. The monoisotopic (exact) mass is 297 g/mol. The van der Waals surface area contributed by atoms with Crippen molar-refractivity contribution in [1.29, 1.82) is 0 Å². The Morgan fingerprint density at radius 2 is 1.95 bits per heavy atom. The van der Waals surface area contributed by atoms with E-state index in [-0.39, 0.29) is 11.0 Å². The fourth-order valence-corrected chi connectivity index (χ4v) is 4.75. The lowest BCUT2D eigenvalue weighted by atomic mass is 10.0. The van der Waals surface area contributed by atoms with Crippen molar-refractivity contribution >= 4 is 9.84 Å². The average Bonchev–Trinajstić information content (AvgIpc) is 2.47. The van der Waals surface area contributed by atoms with E-state index in [1.54, 1.807) is 13.2 Å². The van der Waals surface area contributed by atoms with Crippen molar-refractivity contribution in [1.82, 2.24) is 0 Å². The summed E-state index contributed by atoms with van der Waals surface area (Å²) in [6.07, 6.45) is 4.82. The molecule has 0 radical (unpaired) electrons. The second-order valence-electron chi connectivity index (χ2n) is 5.42. The molecule has 0 aliphatic heterocycles. The van der Waals surface area contributed by atoms with Gasteiger partial charge in [0.2, 0.25) is 0 Å². The van der Waals surface area contributed by atoms with Crippen molar-refractivity contribution in [2.75, 3.05) is 7.11 Å². The second kappa shape index (κ2) is 6.59. The maximum Gasteiger partial charge on any atom is 0.157 e. The number of sulfone groups is 1. The Morgan fingerprint density at radius 1 is 1.25 bits per heavy atom. The molecule has 0 bridgehead atoms. The van der Waals surface area contributed by atoms with Crippen molar-refractivity contribution in [2.24, 2.45) is 5.73 Å². The van der Waals surface area contributed by atoms with Gasteiger partial charge in [-0.25, -0.2) is 8.42 Å². The molecule has 0 saturated heterocycles. The van der Waals surface area contributed by atoms with Gasteiger partial charge in [0.15, 0.2) is 9.84 Å². The van der Waals surface area contributed by atoms with E-state index in [0.717, 1.165) is 43.2 Å². The van der Waals surface area contributed by atoms with Crippen LogP contribution in [0, 0.1) is 0 Å². The first-order valence-corrected chi connectivity index (χ1v) is 8.86. The fourth-order valence-electron chi connectivity index (χ4n) is 2.82. The third-order valence-corrected chi connectivity index (χ3v) is 6.22. The second-order valence-corrected chi connectivity index (χ2v) is 7.70. The van der Waals surface area contributed by atoms with Gasteiger partial charge in [0.25, 0.3) is 0 Å². The molecule has 1 aliphatic carbocycles. The first kappa shape index (κ1) is 15.3. The van der Waals surface area contributed by atoms with Crippen molar-refractivity contribution in [2.45, 2.75) is 49.7 Å². The Hall–Kier alpha value is -1.07. The van der Waals surface area contributed by atoms with E-state index >= 15 is 0 Å². The molecule has 5 heteroatoms. The predicted octanol–water partition coefficient (Wildman–Crippen LogP) is 2.40. The highest BCUT2D eigenvalue weighted by Gasteiger charge is 2.27. The van der Waals surface area contributed by atoms with Gasteiger partial charge in [0, 0.05) is 12.1 Å². The molecular formula is C15H23NO3S. The average molecular weight is 297 g/mol. The van der Waals surface area contributed by atoms with Crippen molar-refractivity contribution in [3.8, 4) is 5.75 Å². The maximum absolute atomic E-state index is 12.4. The van der Waals surface area contributed by atoms with Gasteiger partial charge < -0.3 is 10.5 Å². The van der Waals surface area contributed by atoms with Crippen molar-refractivity contribution in [3.05, 3.63) is 29.3 Å². The van der Waals surface area contributed by atoms with Gasteiger partial charge in [0.1, 0.15) is 5.75 Å². The SMILES string of the molecule is COc1cc(CS(=O)(=O)C2CCCCC2)ccc1CN. The van der Waals surface area contributed by atoms with Gasteiger partial charge in [-0.05, 0) is 24.5 Å². The number of ether oxygens (including phenoxy) is 1. The molecule has 112 valence electrons. The summed E-state index contributed by atoms with van der Waals surface area (Å²) in [5, 5.41) is -0.170. The van der Waals surface area contributed by atoms with Gasteiger partial charge in [-0.3, -0.25) is 0 Å². The molecule has 1 aliphatic rings. The number of rotatable bonds is 5. The van der Waals surface area contributed by atoms with Crippen LogP contribution in [0.2, 0.25) is 0 Å². The summed E-state index contributed by atoms with van der Waals surface area (Å²) in [6.45, 7) is 0.388. The normalized spacial score (nSPS) is 17.1. The van der Waals surface area contributed by atoms with Crippen LogP contribution in [-0.2, 0) is 22.1 Å². The van der Waals surface area contributed by atoms with E-state index in [1.807, 2.05) is 12.1 Å². The molecule has 1 aromatic carbocycles. The molecule has 0 aromatic heterocycles. The number of hydrogen-bond acceptors (Lipinski definition) is 4. The van der Waals surface area contributed by atoms with Gasteiger partial charge >= 0.3 is 0 Å².